The zero-order valence-corrected chi connectivity index (χ0v) is 11.2. The fourth-order valence-corrected chi connectivity index (χ4v) is 2.69. The second-order valence-corrected chi connectivity index (χ2v) is 6.35. The number of anilines is 1. The van der Waals surface area contributed by atoms with E-state index in [4.69, 9.17) is 16.7 Å². The first kappa shape index (κ1) is 14.9. The molecule has 0 aliphatic heterocycles. The molecule has 0 radical (unpaired) electrons. The minimum atomic E-state index is -3.48. The summed E-state index contributed by atoms with van der Waals surface area (Å²) < 4.78 is 22.9. The summed E-state index contributed by atoms with van der Waals surface area (Å²) in [6.07, 6.45) is 0.132. The van der Waals surface area contributed by atoms with Crippen LogP contribution >= 0.6 is 11.6 Å². The number of aliphatic hydroxyl groups excluding tert-OH is 1. The number of benzene rings is 1. The first-order valence-corrected chi connectivity index (χ1v) is 7.49. The van der Waals surface area contributed by atoms with Crippen molar-refractivity contribution >= 4 is 33.0 Å². The summed E-state index contributed by atoms with van der Waals surface area (Å²) in [7, 11) is -3.48. The number of carbonyl (C=O) groups is 1. The van der Waals surface area contributed by atoms with Gasteiger partial charge in [0.2, 0.25) is 5.91 Å². The summed E-state index contributed by atoms with van der Waals surface area (Å²) in [4.78, 5) is 11.5. The molecule has 0 heterocycles. The van der Waals surface area contributed by atoms with Crippen LogP contribution in [0, 0.1) is 0 Å². The molecule has 0 saturated heterocycles. The molecule has 1 aromatic carbocycles. The summed E-state index contributed by atoms with van der Waals surface area (Å²) in [5.74, 6) is -1.42. The zero-order valence-electron chi connectivity index (χ0n) is 9.60. The lowest BCUT2D eigenvalue weighted by atomic mass is 10.3. The molecule has 0 spiro atoms. The molecule has 0 aliphatic carbocycles. The number of hydrogen-bond donors (Lipinski definition) is 2. The molecular weight excluding hydrogens is 278 g/mol. The van der Waals surface area contributed by atoms with E-state index in [1.807, 2.05) is 0 Å². The van der Waals surface area contributed by atoms with Crippen LogP contribution in [0.1, 0.15) is 6.42 Å². The van der Waals surface area contributed by atoms with E-state index in [0.29, 0.717) is 10.7 Å². The van der Waals surface area contributed by atoms with Gasteiger partial charge in [-0.15, -0.1) is 0 Å². The van der Waals surface area contributed by atoms with Gasteiger partial charge in [0.1, 0.15) is 5.75 Å². The maximum Gasteiger partial charge on any atom is 0.239 e. The second kappa shape index (κ2) is 6.72. The SMILES string of the molecule is O=C(CS(=O)(=O)CCCO)Nc1cccc(Cl)c1. The molecule has 2 N–H and O–H groups in total. The maximum absolute atomic E-state index is 11.5. The third-order valence-corrected chi connectivity index (χ3v) is 3.92. The number of sulfone groups is 1. The Hall–Kier alpha value is -1.11. The first-order chi connectivity index (χ1) is 8.43. The molecule has 18 heavy (non-hydrogen) atoms. The molecule has 0 atom stereocenters. The highest BCUT2D eigenvalue weighted by Gasteiger charge is 2.16. The van der Waals surface area contributed by atoms with Gasteiger partial charge in [0.15, 0.2) is 9.84 Å². The van der Waals surface area contributed by atoms with Crippen LogP contribution in [0.3, 0.4) is 0 Å². The van der Waals surface area contributed by atoms with Gasteiger partial charge in [0, 0.05) is 17.3 Å². The monoisotopic (exact) mass is 291 g/mol. The van der Waals surface area contributed by atoms with E-state index in [9.17, 15) is 13.2 Å². The third kappa shape index (κ3) is 5.48. The standard InChI is InChI=1S/C11H14ClNO4S/c12-9-3-1-4-10(7-9)13-11(15)8-18(16,17)6-2-5-14/h1,3-4,7,14H,2,5-6,8H2,(H,13,15). The molecule has 0 unspecified atom stereocenters. The predicted octanol–water partition coefficient (Wildman–Crippen LogP) is 1.08. The van der Waals surface area contributed by atoms with Gasteiger partial charge in [-0.25, -0.2) is 8.42 Å². The first-order valence-electron chi connectivity index (χ1n) is 5.29. The van der Waals surface area contributed by atoms with Gasteiger partial charge < -0.3 is 10.4 Å². The Bertz CT molecular complexity index is 516. The Morgan fingerprint density at radius 3 is 2.72 bits per heavy atom. The normalized spacial score (nSPS) is 11.2. The van der Waals surface area contributed by atoms with Crippen molar-refractivity contribution < 1.29 is 18.3 Å². The van der Waals surface area contributed by atoms with Gasteiger partial charge in [-0.05, 0) is 24.6 Å². The van der Waals surface area contributed by atoms with Crippen molar-refractivity contribution in [2.75, 3.05) is 23.4 Å². The van der Waals surface area contributed by atoms with Crippen molar-refractivity contribution in [3.05, 3.63) is 29.3 Å². The van der Waals surface area contributed by atoms with Crippen molar-refractivity contribution in [2.24, 2.45) is 0 Å². The Kier molecular flexibility index (Phi) is 5.58. The number of aliphatic hydroxyl groups is 1. The third-order valence-electron chi connectivity index (χ3n) is 2.07. The van der Waals surface area contributed by atoms with E-state index < -0.39 is 21.5 Å². The zero-order chi connectivity index (χ0) is 13.6. The van der Waals surface area contributed by atoms with Crippen molar-refractivity contribution in [1.29, 1.82) is 0 Å². The van der Waals surface area contributed by atoms with Gasteiger partial charge in [-0.3, -0.25) is 4.79 Å². The van der Waals surface area contributed by atoms with Crippen molar-refractivity contribution in [2.45, 2.75) is 6.42 Å². The smallest absolute Gasteiger partial charge is 0.239 e. The van der Waals surface area contributed by atoms with Gasteiger partial charge >= 0.3 is 0 Å². The summed E-state index contributed by atoms with van der Waals surface area (Å²) in [6.45, 7) is -0.213. The van der Waals surface area contributed by atoms with Crippen LogP contribution in [0.4, 0.5) is 5.69 Å². The molecule has 0 bridgehead atoms. The predicted molar refractivity (Wildman–Crippen MR) is 70.4 cm³/mol. The Labute approximate surface area is 111 Å². The molecule has 100 valence electrons. The molecule has 7 heteroatoms. The Morgan fingerprint density at radius 2 is 2.11 bits per heavy atom. The van der Waals surface area contributed by atoms with Crippen LogP contribution in [-0.2, 0) is 14.6 Å². The highest BCUT2D eigenvalue weighted by atomic mass is 35.5. The van der Waals surface area contributed by atoms with Gasteiger partial charge in [-0.2, -0.15) is 0 Å². The van der Waals surface area contributed by atoms with E-state index in [1.54, 1.807) is 18.2 Å². The molecule has 0 saturated carbocycles. The number of halogens is 1. The van der Waals surface area contributed by atoms with E-state index in [2.05, 4.69) is 5.32 Å². The van der Waals surface area contributed by atoms with E-state index in [1.165, 1.54) is 6.07 Å². The Balaban J connectivity index is 2.57. The Morgan fingerprint density at radius 1 is 1.39 bits per heavy atom. The van der Waals surface area contributed by atoms with Gasteiger partial charge in [-0.1, -0.05) is 17.7 Å². The average molecular weight is 292 g/mol. The average Bonchev–Trinajstić information content (AvgIpc) is 2.25. The van der Waals surface area contributed by atoms with Gasteiger partial charge in [0.05, 0.1) is 5.75 Å². The minimum absolute atomic E-state index is 0.132. The van der Waals surface area contributed by atoms with Crippen LogP contribution in [0.2, 0.25) is 5.02 Å². The summed E-state index contributed by atoms with van der Waals surface area (Å²) >= 11 is 5.73. The van der Waals surface area contributed by atoms with Crippen molar-refractivity contribution in [3.63, 3.8) is 0 Å². The summed E-state index contributed by atoms with van der Waals surface area (Å²) in [5, 5.41) is 11.5. The van der Waals surface area contributed by atoms with Gasteiger partial charge in [0.25, 0.3) is 0 Å². The fraction of sp³-hybridized carbons (Fsp3) is 0.364. The topological polar surface area (TPSA) is 83.5 Å². The molecular formula is C11H14ClNO4S. The quantitative estimate of drug-likeness (QED) is 0.821. The number of rotatable bonds is 6. The molecule has 1 amide bonds. The van der Waals surface area contributed by atoms with E-state index in [-0.39, 0.29) is 18.8 Å². The lowest BCUT2D eigenvalue weighted by Gasteiger charge is -2.06. The van der Waals surface area contributed by atoms with Crippen LogP contribution in [0.25, 0.3) is 0 Å². The number of hydrogen-bond acceptors (Lipinski definition) is 4. The number of nitrogens with one attached hydrogen (secondary N) is 1. The van der Waals surface area contributed by atoms with Crippen LogP contribution < -0.4 is 5.32 Å². The van der Waals surface area contributed by atoms with Crippen LogP contribution in [0.15, 0.2) is 24.3 Å². The van der Waals surface area contributed by atoms with Crippen LogP contribution in [0.5, 0.6) is 0 Å². The molecule has 0 aromatic heterocycles. The molecule has 1 aromatic rings. The van der Waals surface area contributed by atoms with Crippen molar-refractivity contribution in [1.82, 2.24) is 0 Å². The minimum Gasteiger partial charge on any atom is -0.396 e. The largest absolute Gasteiger partial charge is 0.396 e. The lowest BCUT2D eigenvalue weighted by Crippen LogP contribution is -2.25. The molecule has 0 aliphatic rings. The lowest BCUT2D eigenvalue weighted by molar-refractivity contribution is -0.113. The summed E-state index contributed by atoms with van der Waals surface area (Å²) in [5.41, 5.74) is 0.449. The fourth-order valence-electron chi connectivity index (χ4n) is 1.32. The highest BCUT2D eigenvalue weighted by Crippen LogP contribution is 2.14. The van der Waals surface area contributed by atoms with E-state index in [0.717, 1.165) is 0 Å². The highest BCUT2D eigenvalue weighted by molar-refractivity contribution is 7.92. The molecule has 0 fully saturated rings. The maximum atomic E-state index is 11.5. The van der Waals surface area contributed by atoms with E-state index >= 15 is 0 Å². The molecule has 5 nitrogen and oxygen atoms in total. The van der Waals surface area contributed by atoms with Crippen molar-refractivity contribution in [3.8, 4) is 0 Å². The number of amides is 1. The summed E-state index contributed by atoms with van der Waals surface area (Å²) in [6, 6.07) is 6.44. The van der Waals surface area contributed by atoms with Crippen LogP contribution in [-0.4, -0.2) is 37.5 Å². The second-order valence-electron chi connectivity index (χ2n) is 3.73. The molecule has 1 rings (SSSR count). The number of carbonyl (C=O) groups excluding carboxylic acids is 1.